The second-order valence-corrected chi connectivity index (χ2v) is 9.58. The fraction of sp³-hybridized carbons (Fsp3) is 0.500. The van der Waals surface area contributed by atoms with Gasteiger partial charge in [-0.2, -0.15) is 0 Å². The average Bonchev–Trinajstić information content (AvgIpc) is 3.15. The van der Waals surface area contributed by atoms with Crippen LogP contribution in [-0.2, 0) is 4.74 Å². The topological polar surface area (TPSA) is 106 Å². The Morgan fingerprint density at radius 2 is 1.83 bits per heavy atom. The standard InChI is InChI=1S/C22H30N4O3S/c1-22(2,3)29-21(28)24-12-14-4-10-17(11-5-14)25-20-26-18(13-30-20)15-6-8-16(9-7-15)19(23)27/h6-9,13-14,17H,4-5,10-12H2,1-3H3,(H2,23,27)(H,24,28)(H,25,26). The molecule has 1 aromatic carbocycles. The third kappa shape index (κ3) is 6.45. The summed E-state index contributed by atoms with van der Waals surface area (Å²) < 4.78 is 5.29. The Morgan fingerprint density at radius 1 is 1.17 bits per heavy atom. The molecule has 4 N–H and O–H groups in total. The first-order valence-electron chi connectivity index (χ1n) is 10.3. The van der Waals surface area contributed by atoms with Gasteiger partial charge in [-0.3, -0.25) is 4.79 Å². The summed E-state index contributed by atoms with van der Waals surface area (Å²) in [7, 11) is 0. The highest BCUT2D eigenvalue weighted by Gasteiger charge is 2.23. The van der Waals surface area contributed by atoms with Crippen LogP contribution in [0.5, 0.6) is 0 Å². The van der Waals surface area contributed by atoms with Crippen molar-refractivity contribution in [2.75, 3.05) is 11.9 Å². The summed E-state index contributed by atoms with van der Waals surface area (Å²) in [5.74, 6) is 0.0466. The van der Waals surface area contributed by atoms with Gasteiger partial charge in [0.2, 0.25) is 5.91 Å². The van der Waals surface area contributed by atoms with E-state index in [-0.39, 0.29) is 6.09 Å². The number of primary amides is 1. The first-order chi connectivity index (χ1) is 14.2. The molecule has 1 aromatic heterocycles. The summed E-state index contributed by atoms with van der Waals surface area (Å²) in [5.41, 5.74) is 7.15. The van der Waals surface area contributed by atoms with Crippen LogP contribution in [0.25, 0.3) is 11.3 Å². The molecule has 0 radical (unpaired) electrons. The zero-order valence-electron chi connectivity index (χ0n) is 17.7. The van der Waals surface area contributed by atoms with Crippen LogP contribution >= 0.6 is 11.3 Å². The molecule has 162 valence electrons. The molecule has 1 heterocycles. The lowest BCUT2D eigenvalue weighted by Crippen LogP contribution is -2.37. The average molecular weight is 431 g/mol. The number of ether oxygens (including phenoxy) is 1. The van der Waals surface area contributed by atoms with Gasteiger partial charge in [0.25, 0.3) is 0 Å². The zero-order chi connectivity index (χ0) is 21.7. The van der Waals surface area contributed by atoms with Crippen molar-refractivity contribution in [3.8, 4) is 11.3 Å². The number of nitrogens with two attached hydrogens (primary N) is 1. The lowest BCUT2D eigenvalue weighted by atomic mass is 9.86. The fourth-order valence-corrected chi connectivity index (χ4v) is 4.30. The quantitative estimate of drug-likeness (QED) is 0.630. The van der Waals surface area contributed by atoms with E-state index in [2.05, 4.69) is 15.6 Å². The molecular weight excluding hydrogens is 400 g/mol. The van der Waals surface area contributed by atoms with Crippen molar-refractivity contribution in [1.29, 1.82) is 0 Å². The maximum absolute atomic E-state index is 11.8. The van der Waals surface area contributed by atoms with Gasteiger partial charge in [0.15, 0.2) is 5.13 Å². The number of nitrogens with one attached hydrogen (secondary N) is 2. The normalized spacial score (nSPS) is 19.2. The van der Waals surface area contributed by atoms with Gasteiger partial charge in [-0.05, 0) is 64.5 Å². The van der Waals surface area contributed by atoms with E-state index in [1.807, 2.05) is 38.3 Å². The predicted molar refractivity (Wildman–Crippen MR) is 120 cm³/mol. The first kappa shape index (κ1) is 22.1. The summed E-state index contributed by atoms with van der Waals surface area (Å²) >= 11 is 1.58. The minimum absolute atomic E-state index is 0.345. The molecule has 1 fully saturated rings. The van der Waals surface area contributed by atoms with Gasteiger partial charge < -0.3 is 21.1 Å². The maximum Gasteiger partial charge on any atom is 0.407 e. The van der Waals surface area contributed by atoms with Crippen LogP contribution in [-0.4, -0.2) is 35.2 Å². The van der Waals surface area contributed by atoms with Crippen LogP contribution in [0.1, 0.15) is 56.8 Å². The summed E-state index contributed by atoms with van der Waals surface area (Å²) in [6.07, 6.45) is 3.86. The Hall–Kier alpha value is -2.61. The van der Waals surface area contributed by atoms with Gasteiger partial charge in [0, 0.05) is 29.1 Å². The second-order valence-electron chi connectivity index (χ2n) is 8.72. The lowest BCUT2D eigenvalue weighted by Gasteiger charge is -2.29. The molecule has 0 unspecified atom stereocenters. The molecule has 30 heavy (non-hydrogen) atoms. The van der Waals surface area contributed by atoms with E-state index < -0.39 is 11.5 Å². The van der Waals surface area contributed by atoms with Crippen LogP contribution in [0.2, 0.25) is 0 Å². The van der Waals surface area contributed by atoms with Crippen molar-refractivity contribution in [2.45, 2.75) is 58.1 Å². The molecule has 0 bridgehead atoms. The maximum atomic E-state index is 11.8. The molecule has 0 atom stereocenters. The van der Waals surface area contributed by atoms with E-state index in [9.17, 15) is 9.59 Å². The smallest absolute Gasteiger partial charge is 0.407 e. The monoisotopic (exact) mass is 430 g/mol. The van der Waals surface area contributed by atoms with E-state index >= 15 is 0 Å². The van der Waals surface area contributed by atoms with Gasteiger partial charge >= 0.3 is 6.09 Å². The molecule has 1 aliphatic rings. The minimum atomic E-state index is -0.470. The van der Waals surface area contributed by atoms with Crippen LogP contribution in [0.3, 0.4) is 0 Å². The Balaban J connectivity index is 1.44. The van der Waals surface area contributed by atoms with Crippen LogP contribution in [0.4, 0.5) is 9.93 Å². The van der Waals surface area contributed by atoms with E-state index in [1.54, 1.807) is 23.5 Å². The highest BCUT2D eigenvalue weighted by atomic mass is 32.1. The van der Waals surface area contributed by atoms with Crippen molar-refractivity contribution in [3.05, 3.63) is 35.2 Å². The summed E-state index contributed by atoms with van der Waals surface area (Å²) in [6.45, 7) is 6.25. The van der Waals surface area contributed by atoms with Crippen molar-refractivity contribution in [2.24, 2.45) is 11.7 Å². The van der Waals surface area contributed by atoms with Crippen LogP contribution in [0, 0.1) is 5.92 Å². The number of aromatic nitrogens is 1. The number of hydrogen-bond donors (Lipinski definition) is 3. The molecule has 8 heteroatoms. The van der Waals surface area contributed by atoms with Gasteiger partial charge in [-0.15, -0.1) is 11.3 Å². The van der Waals surface area contributed by atoms with Crippen molar-refractivity contribution in [1.82, 2.24) is 10.3 Å². The van der Waals surface area contributed by atoms with E-state index in [0.29, 0.717) is 24.1 Å². The van der Waals surface area contributed by atoms with Crippen molar-refractivity contribution in [3.63, 3.8) is 0 Å². The third-order valence-corrected chi connectivity index (χ3v) is 5.85. The Morgan fingerprint density at radius 3 is 2.43 bits per heavy atom. The van der Waals surface area contributed by atoms with Crippen LogP contribution < -0.4 is 16.4 Å². The number of carbonyl (C=O) groups excluding carboxylic acids is 2. The number of alkyl carbamates (subject to hydrolysis) is 1. The first-order valence-corrected chi connectivity index (χ1v) is 11.2. The van der Waals surface area contributed by atoms with Crippen molar-refractivity contribution < 1.29 is 14.3 Å². The Labute approximate surface area is 181 Å². The minimum Gasteiger partial charge on any atom is -0.444 e. The van der Waals surface area contributed by atoms with E-state index in [0.717, 1.165) is 42.1 Å². The molecular formula is C22H30N4O3S. The highest BCUT2D eigenvalue weighted by Crippen LogP contribution is 2.30. The van der Waals surface area contributed by atoms with Gasteiger partial charge in [-0.25, -0.2) is 9.78 Å². The van der Waals surface area contributed by atoms with Gasteiger partial charge in [0.05, 0.1) is 5.69 Å². The van der Waals surface area contributed by atoms with Gasteiger partial charge in [0.1, 0.15) is 5.60 Å². The lowest BCUT2D eigenvalue weighted by molar-refractivity contribution is 0.0515. The zero-order valence-corrected chi connectivity index (χ0v) is 18.6. The molecule has 3 rings (SSSR count). The SMILES string of the molecule is CC(C)(C)OC(=O)NCC1CCC(Nc2nc(-c3ccc(C(N)=O)cc3)cs2)CC1. The van der Waals surface area contributed by atoms with E-state index in [1.165, 1.54) is 0 Å². The molecule has 0 spiro atoms. The number of benzene rings is 1. The predicted octanol–water partition coefficient (Wildman–Crippen LogP) is 4.40. The largest absolute Gasteiger partial charge is 0.444 e. The molecule has 7 nitrogen and oxygen atoms in total. The second kappa shape index (κ2) is 9.47. The summed E-state index contributed by atoms with van der Waals surface area (Å²) in [4.78, 5) is 27.7. The van der Waals surface area contributed by atoms with Crippen LogP contribution in [0.15, 0.2) is 29.6 Å². The number of anilines is 1. The Kier molecular flexibility index (Phi) is 6.97. The number of rotatable bonds is 6. The molecule has 1 saturated carbocycles. The number of carbonyl (C=O) groups is 2. The van der Waals surface area contributed by atoms with Gasteiger partial charge in [-0.1, -0.05) is 12.1 Å². The highest BCUT2D eigenvalue weighted by molar-refractivity contribution is 7.14. The molecule has 0 aliphatic heterocycles. The molecule has 0 saturated heterocycles. The molecule has 1 aliphatic carbocycles. The number of nitrogens with zero attached hydrogens (tertiary/aromatic N) is 1. The Bertz CT molecular complexity index is 865. The molecule has 2 aromatic rings. The number of thiazole rings is 1. The van der Waals surface area contributed by atoms with Crippen molar-refractivity contribution >= 4 is 28.5 Å². The summed E-state index contributed by atoms with van der Waals surface area (Å²) in [6, 6.07) is 7.55. The number of amides is 2. The fourth-order valence-electron chi connectivity index (χ4n) is 3.51. The molecule has 2 amide bonds. The number of hydrogen-bond acceptors (Lipinski definition) is 6. The third-order valence-electron chi connectivity index (χ3n) is 5.08. The van der Waals surface area contributed by atoms with E-state index in [4.69, 9.17) is 10.5 Å². The summed E-state index contributed by atoms with van der Waals surface area (Å²) in [5, 5.41) is 9.34.